The number of fused-ring (bicyclic) bond motifs is 4. The average Bonchev–Trinajstić information content (AvgIpc) is 2.87. The Balaban J connectivity index is 1.40. The van der Waals surface area contributed by atoms with Gasteiger partial charge in [0.1, 0.15) is 17.1 Å². The third-order valence-corrected chi connectivity index (χ3v) is 8.91. The molecular weight excluding hydrogens is 531 g/mol. The molecule has 2 atom stereocenters. The number of aromatic hydroxyl groups is 1. The Morgan fingerprint density at radius 1 is 1.05 bits per heavy atom. The number of aromatic nitrogens is 2. The van der Waals surface area contributed by atoms with Crippen molar-refractivity contribution in [2.45, 2.75) is 24.5 Å². The Hall–Kier alpha value is -3.89. The van der Waals surface area contributed by atoms with Crippen molar-refractivity contribution in [1.82, 2.24) is 19.8 Å². The number of hydrogen-bond donors (Lipinski definition) is 3. The molecule has 9 nitrogen and oxygen atoms in total. The van der Waals surface area contributed by atoms with Crippen molar-refractivity contribution < 1.29 is 9.50 Å². The standard InChI is InChI=1S/C29H30ClFN8O/c1-36(2)18-13-38(14-18)29-34-26-22(27(35-29)37-11-16-8-17(12-37)39(16)28(32)33)10-23(30)24(25(26)31)21-9-19(40)7-15-5-3-4-6-20(15)21/h3-7,9-10,16-18,40H,8,11-14H2,1-2H3,(H3,32,33). The Kier molecular flexibility index (Phi) is 5.69. The molecule has 11 heteroatoms. The summed E-state index contributed by atoms with van der Waals surface area (Å²) in [7, 11) is 4.09. The van der Waals surface area contributed by atoms with Gasteiger partial charge in [0.25, 0.3) is 0 Å². The summed E-state index contributed by atoms with van der Waals surface area (Å²) in [5.41, 5.74) is 6.73. The molecule has 4 N–H and O–H groups in total. The van der Waals surface area contributed by atoms with E-state index in [0.717, 1.165) is 30.3 Å². The highest BCUT2D eigenvalue weighted by Gasteiger charge is 2.46. The number of phenolic OH excluding ortho intramolecular Hbond substituents is 1. The molecule has 2 bridgehead atoms. The van der Waals surface area contributed by atoms with E-state index in [1.54, 1.807) is 18.2 Å². The van der Waals surface area contributed by atoms with E-state index in [2.05, 4.69) is 14.7 Å². The second-order valence-corrected chi connectivity index (χ2v) is 11.7. The van der Waals surface area contributed by atoms with Crippen LogP contribution in [0.5, 0.6) is 5.75 Å². The highest BCUT2D eigenvalue weighted by molar-refractivity contribution is 6.35. The molecule has 4 fully saturated rings. The highest BCUT2D eigenvalue weighted by Crippen LogP contribution is 2.44. The molecule has 2 unspecified atom stereocenters. The van der Waals surface area contributed by atoms with Crippen molar-refractivity contribution in [3.63, 3.8) is 0 Å². The molecule has 4 aliphatic rings. The third-order valence-electron chi connectivity index (χ3n) is 8.61. The summed E-state index contributed by atoms with van der Waals surface area (Å²) in [6.45, 7) is 2.75. The van der Waals surface area contributed by atoms with E-state index >= 15 is 4.39 Å². The van der Waals surface area contributed by atoms with Gasteiger partial charge < -0.3 is 30.4 Å². The molecule has 5 heterocycles. The van der Waals surface area contributed by atoms with E-state index in [-0.39, 0.29) is 39.9 Å². The van der Waals surface area contributed by atoms with Crippen molar-refractivity contribution in [3.8, 4) is 16.9 Å². The summed E-state index contributed by atoms with van der Waals surface area (Å²) in [6, 6.07) is 13.1. The number of nitrogens with zero attached hydrogens (tertiary/aromatic N) is 6. The lowest BCUT2D eigenvalue weighted by Crippen LogP contribution is -2.71. The molecule has 0 radical (unpaired) electrons. The maximum Gasteiger partial charge on any atom is 0.228 e. The van der Waals surface area contributed by atoms with Crippen LogP contribution in [-0.2, 0) is 0 Å². The molecular formula is C29H30ClFN8O. The minimum Gasteiger partial charge on any atom is -0.508 e. The number of phenols is 1. The molecule has 206 valence electrons. The van der Waals surface area contributed by atoms with E-state index in [9.17, 15) is 5.11 Å². The Labute approximate surface area is 236 Å². The van der Waals surface area contributed by atoms with E-state index < -0.39 is 5.82 Å². The van der Waals surface area contributed by atoms with E-state index in [1.165, 1.54) is 0 Å². The fraction of sp³-hybridized carbons (Fsp3) is 0.345. The minimum atomic E-state index is -0.541. The lowest BCUT2D eigenvalue weighted by atomic mass is 9.87. The van der Waals surface area contributed by atoms with Crippen LogP contribution >= 0.6 is 11.6 Å². The average molecular weight is 561 g/mol. The first-order valence-corrected chi connectivity index (χ1v) is 13.8. The molecule has 4 aromatic rings. The number of piperazine rings is 1. The maximum atomic E-state index is 16.7. The van der Waals surface area contributed by atoms with Crippen molar-refractivity contribution in [1.29, 1.82) is 5.41 Å². The number of rotatable bonds is 4. The summed E-state index contributed by atoms with van der Waals surface area (Å²) in [5, 5.41) is 20.7. The number of nitrogens with one attached hydrogen (secondary N) is 1. The number of likely N-dealkylation sites (N-methyl/N-ethyl adjacent to an activating group) is 1. The summed E-state index contributed by atoms with van der Waals surface area (Å²) in [6.07, 6.45) is 0.965. The predicted molar refractivity (Wildman–Crippen MR) is 157 cm³/mol. The molecule has 0 amide bonds. The third kappa shape index (κ3) is 3.81. The van der Waals surface area contributed by atoms with Gasteiger partial charge in [0, 0.05) is 43.2 Å². The summed E-state index contributed by atoms with van der Waals surface area (Å²) >= 11 is 6.84. The van der Waals surface area contributed by atoms with Crippen molar-refractivity contribution in [3.05, 3.63) is 53.3 Å². The molecule has 4 saturated heterocycles. The van der Waals surface area contributed by atoms with Crippen LogP contribution in [0.15, 0.2) is 42.5 Å². The van der Waals surface area contributed by atoms with Crippen LogP contribution in [0.25, 0.3) is 32.8 Å². The van der Waals surface area contributed by atoms with Gasteiger partial charge in [-0.1, -0.05) is 35.9 Å². The second kappa shape index (κ2) is 9.07. The van der Waals surface area contributed by atoms with Crippen LogP contribution in [0.1, 0.15) is 6.42 Å². The monoisotopic (exact) mass is 560 g/mol. The van der Waals surface area contributed by atoms with Crippen molar-refractivity contribution >= 4 is 51.0 Å². The number of anilines is 2. The molecule has 0 aliphatic carbocycles. The Bertz CT molecular complexity index is 1680. The fourth-order valence-corrected chi connectivity index (χ4v) is 6.71. The van der Waals surface area contributed by atoms with Crippen LogP contribution in [0.2, 0.25) is 5.02 Å². The lowest BCUT2D eigenvalue weighted by Gasteiger charge is -2.56. The number of guanidine groups is 1. The molecule has 0 saturated carbocycles. The van der Waals surface area contributed by atoms with Crippen LogP contribution < -0.4 is 15.5 Å². The topological polar surface area (TPSA) is 109 Å². The van der Waals surface area contributed by atoms with Gasteiger partial charge in [-0.05, 0) is 55.1 Å². The first-order chi connectivity index (χ1) is 19.2. The lowest BCUT2D eigenvalue weighted by molar-refractivity contribution is 0.0704. The zero-order valence-corrected chi connectivity index (χ0v) is 23.0. The van der Waals surface area contributed by atoms with Crippen molar-refractivity contribution in [2.24, 2.45) is 5.73 Å². The fourth-order valence-electron chi connectivity index (χ4n) is 6.42. The Morgan fingerprint density at radius 3 is 2.48 bits per heavy atom. The van der Waals surface area contributed by atoms with E-state index in [4.69, 9.17) is 32.7 Å². The van der Waals surface area contributed by atoms with Crippen LogP contribution in [0, 0.1) is 11.2 Å². The first kappa shape index (κ1) is 25.1. The largest absolute Gasteiger partial charge is 0.508 e. The van der Waals surface area contributed by atoms with E-state index in [0.29, 0.717) is 41.8 Å². The smallest absolute Gasteiger partial charge is 0.228 e. The molecule has 1 aromatic heterocycles. The second-order valence-electron chi connectivity index (χ2n) is 11.3. The summed E-state index contributed by atoms with van der Waals surface area (Å²) < 4.78 is 16.7. The van der Waals surface area contributed by atoms with Gasteiger partial charge in [-0.25, -0.2) is 9.37 Å². The van der Waals surface area contributed by atoms with Gasteiger partial charge in [0.15, 0.2) is 11.8 Å². The van der Waals surface area contributed by atoms with Crippen LogP contribution in [0.4, 0.5) is 16.2 Å². The number of hydrogen-bond acceptors (Lipinski definition) is 7. The van der Waals surface area contributed by atoms with Gasteiger partial charge in [-0.15, -0.1) is 0 Å². The first-order valence-electron chi connectivity index (χ1n) is 13.4. The Morgan fingerprint density at radius 2 is 1.77 bits per heavy atom. The predicted octanol–water partition coefficient (Wildman–Crippen LogP) is 3.85. The zero-order valence-electron chi connectivity index (χ0n) is 22.3. The molecule has 40 heavy (non-hydrogen) atoms. The number of benzene rings is 3. The van der Waals surface area contributed by atoms with Gasteiger partial charge in [0.05, 0.1) is 17.1 Å². The van der Waals surface area contributed by atoms with Gasteiger partial charge in [0.2, 0.25) is 5.95 Å². The SMILES string of the molecule is CN(C)C1CN(c2nc(N3CC4CC(C3)N4C(=N)N)c3cc(Cl)c(-c4cc(O)cc5ccccc45)c(F)c3n2)C1. The number of piperidine rings is 1. The summed E-state index contributed by atoms with van der Waals surface area (Å²) in [5.74, 6) is 0.698. The van der Waals surface area contributed by atoms with Gasteiger partial charge in [-0.2, -0.15) is 4.98 Å². The zero-order chi connectivity index (χ0) is 27.9. The maximum absolute atomic E-state index is 16.7. The summed E-state index contributed by atoms with van der Waals surface area (Å²) in [4.78, 5) is 18.0. The number of nitrogens with two attached hydrogens (primary N) is 1. The van der Waals surface area contributed by atoms with Crippen molar-refractivity contribution in [2.75, 3.05) is 50.1 Å². The minimum absolute atomic E-state index is 0.0335. The van der Waals surface area contributed by atoms with E-state index in [1.807, 2.05) is 43.3 Å². The van der Waals surface area contributed by atoms with Crippen LogP contribution in [0.3, 0.4) is 0 Å². The molecule has 8 rings (SSSR count). The molecule has 4 aliphatic heterocycles. The number of halogens is 2. The molecule has 3 aromatic carbocycles. The highest BCUT2D eigenvalue weighted by atomic mass is 35.5. The van der Waals surface area contributed by atoms with Crippen LogP contribution in [-0.4, -0.2) is 89.2 Å². The van der Waals surface area contributed by atoms with Gasteiger partial charge in [-0.3, -0.25) is 5.41 Å². The quantitative estimate of drug-likeness (QED) is 0.255. The van der Waals surface area contributed by atoms with Gasteiger partial charge >= 0.3 is 0 Å². The molecule has 0 spiro atoms. The normalized spacial score (nSPS) is 20.8.